The van der Waals surface area contributed by atoms with Gasteiger partial charge in [-0.25, -0.2) is 4.98 Å². The van der Waals surface area contributed by atoms with Crippen molar-refractivity contribution in [3.05, 3.63) is 35.7 Å². The molecule has 0 amide bonds. The Kier molecular flexibility index (Phi) is 3.41. The first kappa shape index (κ1) is 13.7. The van der Waals surface area contributed by atoms with Gasteiger partial charge in [-0.2, -0.15) is 0 Å². The van der Waals surface area contributed by atoms with Crippen LogP contribution in [0.5, 0.6) is 5.75 Å². The van der Waals surface area contributed by atoms with Gasteiger partial charge < -0.3 is 14.4 Å². The summed E-state index contributed by atoms with van der Waals surface area (Å²) in [7, 11) is 3.58. The van der Waals surface area contributed by atoms with E-state index in [1.54, 1.807) is 7.11 Å². The van der Waals surface area contributed by atoms with Crippen LogP contribution in [0, 0.1) is 0 Å². The fourth-order valence-electron chi connectivity index (χ4n) is 3.00. The Morgan fingerprint density at radius 1 is 1.48 bits per heavy atom. The summed E-state index contributed by atoms with van der Waals surface area (Å²) >= 11 is 0. The lowest BCUT2D eigenvalue weighted by Gasteiger charge is -2.18. The number of fused-ring (bicyclic) bond motifs is 1. The van der Waals surface area contributed by atoms with Crippen molar-refractivity contribution in [2.45, 2.75) is 25.2 Å². The molecule has 5 nitrogen and oxygen atoms in total. The molecular formula is C16H18N2O3. The number of carbonyl (C=O) groups is 1. The lowest BCUT2D eigenvalue weighted by molar-refractivity contribution is -0.139. The second kappa shape index (κ2) is 5.24. The Hall–Kier alpha value is -2.30. The number of nitrogens with zero attached hydrogens (tertiary/aromatic N) is 2. The van der Waals surface area contributed by atoms with Crippen LogP contribution in [0.2, 0.25) is 0 Å². The first-order chi connectivity index (χ1) is 10.1. The van der Waals surface area contributed by atoms with Crippen LogP contribution in [-0.4, -0.2) is 27.7 Å². The largest absolute Gasteiger partial charge is 0.497 e. The highest BCUT2D eigenvalue weighted by Crippen LogP contribution is 2.34. The van der Waals surface area contributed by atoms with E-state index in [0.717, 1.165) is 35.7 Å². The maximum absolute atomic E-state index is 11.4. The zero-order valence-corrected chi connectivity index (χ0v) is 12.2. The van der Waals surface area contributed by atoms with E-state index in [4.69, 9.17) is 4.74 Å². The van der Waals surface area contributed by atoms with Crippen molar-refractivity contribution in [2.24, 2.45) is 7.05 Å². The predicted octanol–water partition coefficient (Wildman–Crippen LogP) is 2.60. The number of rotatable bonds is 3. The molecular weight excluding hydrogens is 268 g/mol. The Balaban J connectivity index is 2.10. The summed E-state index contributed by atoms with van der Waals surface area (Å²) in [4.78, 5) is 16.0. The summed E-state index contributed by atoms with van der Waals surface area (Å²) in [5, 5.41) is 9.37. The number of benzene rings is 1. The van der Waals surface area contributed by atoms with Gasteiger partial charge in [0.25, 0.3) is 0 Å². The fourth-order valence-corrected chi connectivity index (χ4v) is 3.00. The first-order valence-electron chi connectivity index (χ1n) is 7.04. The highest BCUT2D eigenvalue weighted by molar-refractivity contribution is 5.76. The molecule has 1 N–H and O–H groups in total. The average Bonchev–Trinajstić information content (AvgIpc) is 2.84. The predicted molar refractivity (Wildman–Crippen MR) is 78.5 cm³/mol. The van der Waals surface area contributed by atoms with Crippen molar-refractivity contribution >= 4 is 5.97 Å². The molecule has 0 bridgehead atoms. The van der Waals surface area contributed by atoms with Gasteiger partial charge in [0.15, 0.2) is 0 Å². The van der Waals surface area contributed by atoms with E-state index >= 15 is 0 Å². The number of methoxy groups -OCH3 is 1. The molecule has 0 radical (unpaired) electrons. The second-order valence-corrected chi connectivity index (χ2v) is 5.34. The highest BCUT2D eigenvalue weighted by atomic mass is 16.5. The molecule has 21 heavy (non-hydrogen) atoms. The molecule has 5 heteroatoms. The van der Waals surface area contributed by atoms with E-state index in [1.807, 2.05) is 35.9 Å². The molecule has 1 atom stereocenters. The van der Waals surface area contributed by atoms with Crippen molar-refractivity contribution in [3.63, 3.8) is 0 Å². The molecule has 2 aromatic rings. The molecule has 0 saturated carbocycles. The molecule has 110 valence electrons. The van der Waals surface area contributed by atoms with Crippen LogP contribution in [-0.2, 0) is 18.3 Å². The van der Waals surface area contributed by atoms with Gasteiger partial charge in [-0.3, -0.25) is 4.79 Å². The van der Waals surface area contributed by atoms with Crippen LogP contribution in [0.4, 0.5) is 0 Å². The summed E-state index contributed by atoms with van der Waals surface area (Å²) in [6, 6.07) is 7.68. The molecule has 0 aliphatic heterocycles. The topological polar surface area (TPSA) is 64.4 Å². The van der Waals surface area contributed by atoms with Crippen molar-refractivity contribution in [1.82, 2.24) is 9.55 Å². The Morgan fingerprint density at radius 3 is 3.00 bits per heavy atom. The number of hydrogen-bond donors (Lipinski definition) is 1. The highest BCUT2D eigenvalue weighted by Gasteiger charge is 2.31. The van der Waals surface area contributed by atoms with Crippen LogP contribution in [0.1, 0.15) is 30.1 Å². The van der Waals surface area contributed by atoms with Crippen LogP contribution in [0.25, 0.3) is 11.4 Å². The summed E-state index contributed by atoms with van der Waals surface area (Å²) in [6.45, 7) is 0. The van der Waals surface area contributed by atoms with E-state index in [1.165, 1.54) is 0 Å². The van der Waals surface area contributed by atoms with Gasteiger partial charge in [-0.15, -0.1) is 0 Å². The van der Waals surface area contributed by atoms with Gasteiger partial charge in [0.1, 0.15) is 17.5 Å². The molecule has 1 heterocycles. The number of carboxylic acids is 1. The molecule has 1 aliphatic rings. The average molecular weight is 286 g/mol. The minimum Gasteiger partial charge on any atom is -0.497 e. The van der Waals surface area contributed by atoms with Crippen LogP contribution in [0.15, 0.2) is 24.3 Å². The van der Waals surface area contributed by atoms with E-state index in [9.17, 15) is 9.90 Å². The van der Waals surface area contributed by atoms with Gasteiger partial charge in [0.05, 0.1) is 12.8 Å². The molecule has 0 saturated heterocycles. The monoisotopic (exact) mass is 286 g/mol. The van der Waals surface area contributed by atoms with E-state index in [-0.39, 0.29) is 0 Å². The third-order valence-corrected chi connectivity index (χ3v) is 4.11. The molecule has 0 spiro atoms. The number of hydrogen-bond acceptors (Lipinski definition) is 3. The standard InChI is InChI=1S/C16H18N2O3/c1-18-13-8-4-7-12(16(19)20)14(13)17-15(18)10-5-3-6-11(9-10)21-2/h3,5-6,9,12H,4,7-8H2,1-2H3,(H,19,20). The first-order valence-corrected chi connectivity index (χ1v) is 7.04. The van der Waals surface area contributed by atoms with Gasteiger partial charge in [-0.05, 0) is 31.4 Å². The Bertz CT molecular complexity index is 691. The Labute approximate surface area is 123 Å². The third kappa shape index (κ3) is 2.28. The van der Waals surface area contributed by atoms with Crippen LogP contribution in [0.3, 0.4) is 0 Å². The smallest absolute Gasteiger partial charge is 0.312 e. The van der Waals surface area contributed by atoms with Gasteiger partial charge in [0.2, 0.25) is 0 Å². The normalized spacial score (nSPS) is 17.3. The molecule has 1 aromatic heterocycles. The summed E-state index contributed by atoms with van der Waals surface area (Å²) in [5.74, 6) is 0.292. The zero-order valence-electron chi connectivity index (χ0n) is 12.2. The number of ether oxygens (including phenoxy) is 1. The third-order valence-electron chi connectivity index (χ3n) is 4.11. The number of imidazole rings is 1. The molecule has 1 unspecified atom stereocenters. The summed E-state index contributed by atoms with van der Waals surface area (Å²) < 4.78 is 7.26. The molecule has 0 fully saturated rings. The quantitative estimate of drug-likeness (QED) is 0.942. The van der Waals surface area contributed by atoms with Gasteiger partial charge in [-0.1, -0.05) is 12.1 Å². The van der Waals surface area contributed by atoms with Crippen molar-refractivity contribution in [1.29, 1.82) is 0 Å². The van der Waals surface area contributed by atoms with Crippen molar-refractivity contribution < 1.29 is 14.6 Å². The summed E-state index contributed by atoms with van der Waals surface area (Å²) in [5.41, 5.74) is 2.69. The number of carboxylic acid groups (broad SMARTS) is 1. The van der Waals surface area contributed by atoms with E-state index < -0.39 is 11.9 Å². The SMILES string of the molecule is COc1cccc(-c2nc3c(n2C)CCCC3C(=O)O)c1. The maximum atomic E-state index is 11.4. The second-order valence-electron chi connectivity index (χ2n) is 5.34. The minimum atomic E-state index is -0.786. The fraction of sp³-hybridized carbons (Fsp3) is 0.375. The lowest BCUT2D eigenvalue weighted by Crippen LogP contribution is -2.18. The van der Waals surface area contributed by atoms with Crippen molar-refractivity contribution in [3.8, 4) is 17.1 Å². The maximum Gasteiger partial charge on any atom is 0.312 e. The van der Waals surface area contributed by atoms with Crippen molar-refractivity contribution in [2.75, 3.05) is 7.11 Å². The number of aromatic nitrogens is 2. The lowest BCUT2D eigenvalue weighted by atomic mass is 9.90. The molecule has 1 aromatic carbocycles. The van der Waals surface area contributed by atoms with Crippen LogP contribution < -0.4 is 4.74 Å². The Morgan fingerprint density at radius 2 is 2.29 bits per heavy atom. The van der Waals surface area contributed by atoms with E-state index in [0.29, 0.717) is 12.1 Å². The van der Waals surface area contributed by atoms with Crippen LogP contribution >= 0.6 is 0 Å². The minimum absolute atomic E-state index is 0.487. The van der Waals surface area contributed by atoms with Gasteiger partial charge >= 0.3 is 5.97 Å². The zero-order chi connectivity index (χ0) is 15.0. The molecule has 1 aliphatic carbocycles. The van der Waals surface area contributed by atoms with Gasteiger partial charge in [0, 0.05) is 18.3 Å². The number of aliphatic carboxylic acids is 1. The van der Waals surface area contributed by atoms with E-state index in [2.05, 4.69) is 4.98 Å². The summed E-state index contributed by atoms with van der Waals surface area (Å²) in [6.07, 6.45) is 2.44. The molecule has 3 rings (SSSR count).